The molecule has 22 heavy (non-hydrogen) atoms. The van der Waals surface area contributed by atoms with Gasteiger partial charge in [-0.15, -0.1) is 0 Å². The number of likely N-dealkylation sites (N-methyl/N-ethyl adjacent to an activating group) is 1. The molecule has 0 radical (unpaired) electrons. The van der Waals surface area contributed by atoms with Crippen LogP contribution in [0.5, 0.6) is 0 Å². The quantitative estimate of drug-likeness (QED) is 0.554. The van der Waals surface area contributed by atoms with E-state index in [1.807, 2.05) is 19.9 Å². The Hall–Kier alpha value is -1.13. The lowest BCUT2D eigenvalue weighted by atomic mass is 10.1. The third-order valence-electron chi connectivity index (χ3n) is 4.28. The minimum Gasteiger partial charge on any atom is -1.00 e. The first-order chi connectivity index (χ1) is 9.87. The zero-order valence-electron chi connectivity index (χ0n) is 14.5. The minimum atomic E-state index is 0. The molecule has 0 fully saturated rings. The second kappa shape index (κ2) is 9.11. The van der Waals surface area contributed by atoms with Gasteiger partial charge in [0.1, 0.15) is 0 Å². The largest absolute Gasteiger partial charge is 1.00 e. The van der Waals surface area contributed by atoms with Gasteiger partial charge in [0, 0.05) is 5.69 Å². The third kappa shape index (κ3) is 5.25. The van der Waals surface area contributed by atoms with Gasteiger partial charge in [0.25, 0.3) is 5.91 Å². The maximum Gasteiger partial charge on any atom is 0.279 e. The summed E-state index contributed by atoms with van der Waals surface area (Å²) in [5.41, 5.74) is 4.42. The van der Waals surface area contributed by atoms with Crippen LogP contribution in [0.1, 0.15) is 30.5 Å². The summed E-state index contributed by atoms with van der Waals surface area (Å²) in [4.78, 5) is 12.4. The summed E-state index contributed by atoms with van der Waals surface area (Å²) >= 11 is 0. The lowest BCUT2D eigenvalue weighted by molar-refractivity contribution is -0.911. The maximum atomic E-state index is 12.4. The first kappa shape index (κ1) is 20.9. The molecule has 0 aliphatic heterocycles. The Morgan fingerprint density at radius 1 is 1.18 bits per heavy atom. The van der Waals surface area contributed by atoms with E-state index in [0.717, 1.165) is 40.9 Å². The monoisotopic (exact) mass is 368 g/mol. The van der Waals surface area contributed by atoms with E-state index in [1.165, 1.54) is 5.56 Å². The Morgan fingerprint density at radius 2 is 1.68 bits per heavy atom. The minimum absolute atomic E-state index is 0. The number of rotatable bonds is 7. The van der Waals surface area contributed by atoms with Crippen molar-refractivity contribution in [2.45, 2.75) is 34.6 Å². The van der Waals surface area contributed by atoms with Gasteiger partial charge in [-0.25, -0.2) is 0 Å². The van der Waals surface area contributed by atoms with Gasteiger partial charge in [-0.2, -0.15) is 0 Å². The Morgan fingerprint density at radius 3 is 2.09 bits per heavy atom. The van der Waals surface area contributed by atoms with Gasteiger partial charge >= 0.3 is 0 Å². The predicted molar refractivity (Wildman–Crippen MR) is 90.6 cm³/mol. The summed E-state index contributed by atoms with van der Waals surface area (Å²) in [6.45, 7) is 17.4. The first-order valence-corrected chi connectivity index (χ1v) is 7.71. The average Bonchev–Trinajstić information content (AvgIpc) is 2.42. The van der Waals surface area contributed by atoms with Crippen LogP contribution in [-0.2, 0) is 4.79 Å². The molecule has 1 aromatic carbocycles. The van der Waals surface area contributed by atoms with Crippen LogP contribution in [0.2, 0.25) is 0 Å². The van der Waals surface area contributed by atoms with E-state index in [1.54, 1.807) is 0 Å². The van der Waals surface area contributed by atoms with Crippen LogP contribution in [0, 0.1) is 20.8 Å². The van der Waals surface area contributed by atoms with E-state index < -0.39 is 0 Å². The van der Waals surface area contributed by atoms with Crippen molar-refractivity contribution < 1.29 is 26.3 Å². The number of anilines is 1. The molecule has 1 rings (SSSR count). The fourth-order valence-electron chi connectivity index (χ4n) is 2.90. The molecule has 0 bridgehead atoms. The molecule has 0 unspecified atom stereocenters. The van der Waals surface area contributed by atoms with Gasteiger partial charge in [-0.3, -0.25) is 4.79 Å². The van der Waals surface area contributed by atoms with Crippen LogP contribution in [-0.4, -0.2) is 36.6 Å². The molecule has 0 atom stereocenters. The van der Waals surface area contributed by atoms with Crippen molar-refractivity contribution in [1.29, 1.82) is 0 Å². The Balaban J connectivity index is 0.00000441. The number of halogens is 1. The summed E-state index contributed by atoms with van der Waals surface area (Å²) in [7, 11) is 0. The molecular formula is C18H29BrN2O. The van der Waals surface area contributed by atoms with E-state index in [9.17, 15) is 4.79 Å². The highest BCUT2D eigenvalue weighted by molar-refractivity contribution is 5.93. The highest BCUT2D eigenvalue weighted by atomic mass is 79.9. The van der Waals surface area contributed by atoms with E-state index in [2.05, 4.69) is 44.8 Å². The van der Waals surface area contributed by atoms with Gasteiger partial charge in [-0.05, 0) is 51.8 Å². The lowest BCUT2D eigenvalue weighted by Crippen LogP contribution is -3.00. The maximum absolute atomic E-state index is 12.4. The Kier molecular flexibility index (Phi) is 8.64. The van der Waals surface area contributed by atoms with Crippen LogP contribution in [0.3, 0.4) is 0 Å². The second-order valence-electron chi connectivity index (χ2n) is 5.93. The Labute approximate surface area is 145 Å². The summed E-state index contributed by atoms with van der Waals surface area (Å²) in [5.74, 6) is 0.0793. The number of amides is 1. The number of carbonyl (C=O) groups is 1. The first-order valence-electron chi connectivity index (χ1n) is 7.71. The van der Waals surface area contributed by atoms with Gasteiger partial charge in [0.2, 0.25) is 0 Å². The number of nitrogens with zero attached hydrogens (tertiary/aromatic N) is 1. The van der Waals surface area contributed by atoms with Crippen LogP contribution in [0.4, 0.5) is 5.69 Å². The number of benzene rings is 1. The molecule has 124 valence electrons. The normalized spacial score (nSPS) is 10.8. The van der Waals surface area contributed by atoms with E-state index in [-0.39, 0.29) is 22.9 Å². The van der Waals surface area contributed by atoms with Crippen molar-refractivity contribution in [3.05, 3.63) is 41.5 Å². The van der Waals surface area contributed by atoms with E-state index in [0.29, 0.717) is 6.54 Å². The summed E-state index contributed by atoms with van der Waals surface area (Å²) in [6, 6.07) is 4.21. The Bertz CT molecular complexity index is 499. The molecule has 0 aromatic heterocycles. The number of hydrogen-bond acceptors (Lipinski definition) is 1. The third-order valence-corrected chi connectivity index (χ3v) is 4.28. The molecular weight excluding hydrogens is 340 g/mol. The molecule has 0 saturated heterocycles. The van der Waals surface area contributed by atoms with E-state index >= 15 is 0 Å². The van der Waals surface area contributed by atoms with Gasteiger partial charge < -0.3 is 26.8 Å². The molecule has 0 aliphatic carbocycles. The molecule has 0 heterocycles. The highest BCUT2D eigenvalue weighted by Crippen LogP contribution is 2.22. The predicted octanol–water partition coefficient (Wildman–Crippen LogP) is 0.597. The zero-order valence-corrected chi connectivity index (χ0v) is 16.1. The number of aryl methyl sites for hydroxylation is 3. The summed E-state index contributed by atoms with van der Waals surface area (Å²) in [5, 5.41) is 3.10. The highest BCUT2D eigenvalue weighted by Gasteiger charge is 2.25. The van der Waals surface area contributed by atoms with Crippen LogP contribution in [0.25, 0.3) is 0 Å². The van der Waals surface area contributed by atoms with Gasteiger partial charge in [0.05, 0.1) is 19.6 Å². The molecule has 0 saturated carbocycles. The van der Waals surface area contributed by atoms with Crippen molar-refractivity contribution in [3.8, 4) is 0 Å². The number of nitrogens with one attached hydrogen (secondary N) is 1. The molecule has 1 aromatic rings. The fraction of sp³-hybridized carbons (Fsp3) is 0.500. The number of carbonyl (C=O) groups excluding carboxylic acids is 1. The molecule has 0 spiro atoms. The lowest BCUT2D eigenvalue weighted by Gasteiger charge is -2.35. The second-order valence-corrected chi connectivity index (χ2v) is 5.93. The fourth-order valence-corrected chi connectivity index (χ4v) is 2.90. The molecule has 3 nitrogen and oxygen atoms in total. The van der Waals surface area contributed by atoms with Gasteiger partial charge in [-0.1, -0.05) is 24.3 Å². The zero-order chi connectivity index (χ0) is 16.0. The molecule has 4 heteroatoms. The summed E-state index contributed by atoms with van der Waals surface area (Å²) < 4.78 is 0.749. The van der Waals surface area contributed by atoms with E-state index in [4.69, 9.17) is 0 Å². The average molecular weight is 369 g/mol. The SMILES string of the molecule is C=CC[N+](CC)(CC)CC(=O)Nc1c(C)cc(C)cc1C.[Br-]. The van der Waals surface area contributed by atoms with Crippen LogP contribution >= 0.6 is 0 Å². The van der Waals surface area contributed by atoms with Crippen molar-refractivity contribution in [1.82, 2.24) is 0 Å². The topological polar surface area (TPSA) is 29.1 Å². The van der Waals surface area contributed by atoms with Crippen molar-refractivity contribution >= 4 is 11.6 Å². The molecule has 0 aliphatic rings. The van der Waals surface area contributed by atoms with Crippen molar-refractivity contribution in [2.24, 2.45) is 0 Å². The van der Waals surface area contributed by atoms with Gasteiger partial charge in [0.15, 0.2) is 6.54 Å². The summed E-state index contributed by atoms with van der Waals surface area (Å²) in [6.07, 6.45) is 1.91. The van der Waals surface area contributed by atoms with Crippen molar-refractivity contribution in [2.75, 3.05) is 31.5 Å². The smallest absolute Gasteiger partial charge is 0.279 e. The van der Waals surface area contributed by atoms with Crippen LogP contribution < -0.4 is 22.3 Å². The number of quaternary nitrogens is 1. The number of hydrogen-bond donors (Lipinski definition) is 1. The molecule has 1 N–H and O–H groups in total. The standard InChI is InChI=1S/C18H28N2O.BrH/c1-7-10-20(8-2,9-3)13-17(21)19-18-15(5)11-14(4)12-16(18)6;/h7,11-12H,1,8-10,13H2,2-6H3;1H. The van der Waals surface area contributed by atoms with Crippen molar-refractivity contribution in [3.63, 3.8) is 0 Å². The van der Waals surface area contributed by atoms with Crippen LogP contribution in [0.15, 0.2) is 24.8 Å². The molecule has 1 amide bonds.